The van der Waals surface area contributed by atoms with Gasteiger partial charge in [-0.1, -0.05) is 46.4 Å². The van der Waals surface area contributed by atoms with Crippen LogP contribution in [0, 0.1) is 0 Å². The van der Waals surface area contributed by atoms with Gasteiger partial charge in [0.25, 0.3) is 0 Å². The Balaban J connectivity index is 3.95. The normalized spacial score (nSPS) is 10.3. The maximum absolute atomic E-state index is 10.8. The second-order valence-electron chi connectivity index (χ2n) is 1.93. The van der Waals surface area contributed by atoms with Crippen molar-refractivity contribution in [3.8, 4) is 0 Å². The maximum atomic E-state index is 10.8. The highest BCUT2D eigenvalue weighted by Gasteiger charge is 2.13. The fourth-order valence-corrected chi connectivity index (χ4v) is 1.47. The lowest BCUT2D eigenvalue weighted by Crippen LogP contribution is -2.65. The second-order valence-corrected chi connectivity index (χ2v) is 3.83. The molecule has 12 heavy (non-hydrogen) atoms. The van der Waals surface area contributed by atoms with Gasteiger partial charge in [-0.25, -0.2) is 0 Å². The van der Waals surface area contributed by atoms with Gasteiger partial charge in [0.1, 0.15) is 8.98 Å². The SMILES string of the molecule is O=c1c(=O)c(=C(Cl)Cl)c1=C(Cl)Cl. The van der Waals surface area contributed by atoms with E-state index in [9.17, 15) is 9.59 Å². The minimum atomic E-state index is -0.760. The van der Waals surface area contributed by atoms with Crippen LogP contribution >= 0.6 is 46.4 Å². The Hall–Kier alpha value is -0.0200. The standard InChI is InChI=1S/C6Cl4O2/c7-5(8)1-2(6(9)10)4(12)3(1)11. The van der Waals surface area contributed by atoms with Crippen LogP contribution in [0.15, 0.2) is 9.59 Å². The average molecular weight is 246 g/mol. The third-order valence-corrected chi connectivity index (χ3v) is 2.04. The van der Waals surface area contributed by atoms with Crippen molar-refractivity contribution in [3.05, 3.63) is 30.9 Å². The number of halogens is 4. The van der Waals surface area contributed by atoms with E-state index in [4.69, 9.17) is 46.4 Å². The molecule has 1 rings (SSSR count). The first kappa shape index (κ1) is 10.1. The van der Waals surface area contributed by atoms with Crippen molar-refractivity contribution < 1.29 is 0 Å². The first-order valence-electron chi connectivity index (χ1n) is 2.66. The summed E-state index contributed by atoms with van der Waals surface area (Å²) < 4.78 is -0.596. The number of hydrogen-bond acceptors (Lipinski definition) is 2. The summed E-state index contributed by atoms with van der Waals surface area (Å²) in [5.41, 5.74) is -1.52. The first-order chi connectivity index (χ1) is 5.46. The fraction of sp³-hybridized carbons (Fsp3) is 0. The summed E-state index contributed by atoms with van der Waals surface area (Å²) in [6.07, 6.45) is 0. The molecular weight excluding hydrogens is 246 g/mol. The van der Waals surface area contributed by atoms with Crippen molar-refractivity contribution in [3.63, 3.8) is 0 Å². The van der Waals surface area contributed by atoms with Crippen molar-refractivity contribution >= 4 is 55.4 Å². The lowest BCUT2D eigenvalue weighted by atomic mass is 10.2. The van der Waals surface area contributed by atoms with Crippen molar-refractivity contribution in [1.29, 1.82) is 0 Å². The molecule has 0 spiro atoms. The molecule has 6 heteroatoms. The minimum absolute atomic E-state index is 0.108. The molecule has 0 amide bonds. The van der Waals surface area contributed by atoms with Gasteiger partial charge in [0, 0.05) is 0 Å². The summed E-state index contributed by atoms with van der Waals surface area (Å²) in [5.74, 6) is 0. The van der Waals surface area contributed by atoms with E-state index in [-0.39, 0.29) is 19.4 Å². The summed E-state index contributed by atoms with van der Waals surface area (Å²) in [4.78, 5) is 21.6. The van der Waals surface area contributed by atoms with Crippen molar-refractivity contribution in [2.75, 3.05) is 0 Å². The van der Waals surface area contributed by atoms with Crippen LogP contribution in [0.5, 0.6) is 0 Å². The van der Waals surface area contributed by atoms with E-state index >= 15 is 0 Å². The molecule has 0 atom stereocenters. The predicted octanol–water partition coefficient (Wildman–Crippen LogP) is 0.369. The number of hydrogen-bond donors (Lipinski definition) is 0. The maximum Gasteiger partial charge on any atom is 0.236 e. The highest BCUT2D eigenvalue weighted by Crippen LogP contribution is 2.05. The molecule has 2 nitrogen and oxygen atoms in total. The van der Waals surface area contributed by atoms with Gasteiger partial charge in [-0.05, 0) is 0 Å². The number of rotatable bonds is 0. The van der Waals surface area contributed by atoms with Gasteiger partial charge in [0.15, 0.2) is 0 Å². The Kier molecular flexibility index (Phi) is 2.84. The van der Waals surface area contributed by atoms with Gasteiger partial charge >= 0.3 is 0 Å². The van der Waals surface area contributed by atoms with Crippen molar-refractivity contribution in [2.24, 2.45) is 0 Å². The molecule has 1 aromatic rings. The molecule has 0 saturated carbocycles. The molecule has 0 heterocycles. The van der Waals surface area contributed by atoms with Crippen LogP contribution in [0.1, 0.15) is 0 Å². The van der Waals surface area contributed by atoms with Crippen LogP contribution in [0.25, 0.3) is 8.98 Å². The highest BCUT2D eigenvalue weighted by molar-refractivity contribution is 6.75. The Morgan fingerprint density at radius 2 is 1.00 bits per heavy atom. The zero-order chi connectivity index (χ0) is 9.46. The van der Waals surface area contributed by atoms with Gasteiger partial charge < -0.3 is 0 Å². The first-order valence-corrected chi connectivity index (χ1v) is 4.18. The molecule has 0 fully saturated rings. The predicted molar refractivity (Wildman–Crippen MR) is 50.8 cm³/mol. The smallest absolute Gasteiger partial charge is 0.236 e. The van der Waals surface area contributed by atoms with Crippen LogP contribution in [0.3, 0.4) is 0 Å². The Morgan fingerprint density at radius 1 is 0.750 bits per heavy atom. The zero-order valence-electron chi connectivity index (χ0n) is 5.33. The Morgan fingerprint density at radius 3 is 1.17 bits per heavy atom. The molecule has 1 aromatic carbocycles. The monoisotopic (exact) mass is 244 g/mol. The van der Waals surface area contributed by atoms with Crippen LogP contribution in [0.2, 0.25) is 0 Å². The van der Waals surface area contributed by atoms with Crippen molar-refractivity contribution in [1.82, 2.24) is 0 Å². The highest BCUT2D eigenvalue weighted by atomic mass is 35.5. The quantitative estimate of drug-likeness (QED) is 0.619. The molecule has 0 aliphatic heterocycles. The summed E-state index contributed by atoms with van der Waals surface area (Å²) in [5, 5.41) is -0.216. The lowest BCUT2D eigenvalue weighted by Gasteiger charge is -1.92. The Labute approximate surface area is 86.3 Å². The molecule has 0 unspecified atom stereocenters. The molecule has 64 valence electrons. The van der Waals surface area contributed by atoms with E-state index in [1.165, 1.54) is 0 Å². The minimum Gasteiger partial charge on any atom is -0.285 e. The summed E-state index contributed by atoms with van der Waals surface area (Å²) in [6, 6.07) is 0. The van der Waals surface area contributed by atoms with Crippen LogP contribution in [-0.4, -0.2) is 0 Å². The van der Waals surface area contributed by atoms with Crippen molar-refractivity contribution in [2.45, 2.75) is 0 Å². The van der Waals surface area contributed by atoms with E-state index in [0.29, 0.717) is 0 Å². The topological polar surface area (TPSA) is 34.1 Å². The third kappa shape index (κ3) is 1.40. The van der Waals surface area contributed by atoms with Gasteiger partial charge in [-0.15, -0.1) is 0 Å². The molecule has 0 aliphatic carbocycles. The summed E-state index contributed by atoms with van der Waals surface area (Å²) >= 11 is 21.2. The molecule has 0 N–H and O–H groups in total. The fourth-order valence-electron chi connectivity index (χ4n) is 0.752. The molecule has 0 aromatic heterocycles. The van der Waals surface area contributed by atoms with Gasteiger partial charge in [0.2, 0.25) is 10.9 Å². The van der Waals surface area contributed by atoms with Gasteiger partial charge in [0.05, 0.1) is 10.4 Å². The summed E-state index contributed by atoms with van der Waals surface area (Å²) in [7, 11) is 0. The Bertz CT molecular complexity index is 451. The van der Waals surface area contributed by atoms with Gasteiger partial charge in [-0.2, -0.15) is 0 Å². The van der Waals surface area contributed by atoms with Crippen LogP contribution < -0.4 is 21.3 Å². The van der Waals surface area contributed by atoms with E-state index in [2.05, 4.69) is 0 Å². The average Bonchev–Trinajstić information content (AvgIpc) is 1.96. The third-order valence-electron chi connectivity index (χ3n) is 1.29. The molecular formula is C6Cl4O2. The van der Waals surface area contributed by atoms with Gasteiger partial charge in [-0.3, -0.25) is 9.59 Å². The van der Waals surface area contributed by atoms with E-state index in [1.54, 1.807) is 0 Å². The van der Waals surface area contributed by atoms with Crippen LogP contribution in [-0.2, 0) is 0 Å². The van der Waals surface area contributed by atoms with E-state index in [0.717, 1.165) is 0 Å². The van der Waals surface area contributed by atoms with E-state index in [1.807, 2.05) is 0 Å². The molecule has 0 bridgehead atoms. The molecule has 0 saturated heterocycles. The largest absolute Gasteiger partial charge is 0.285 e. The zero-order valence-corrected chi connectivity index (χ0v) is 8.35. The summed E-state index contributed by atoms with van der Waals surface area (Å²) in [6.45, 7) is 0. The lowest BCUT2D eigenvalue weighted by molar-refractivity contribution is 1.27. The molecule has 0 aliphatic rings. The molecule has 0 radical (unpaired) electrons. The van der Waals surface area contributed by atoms with E-state index < -0.39 is 10.9 Å². The second kappa shape index (κ2) is 3.38. The van der Waals surface area contributed by atoms with Crippen LogP contribution in [0.4, 0.5) is 0 Å².